The number of nitrogens with zero attached hydrogens (tertiary/aromatic N) is 2. The van der Waals surface area contributed by atoms with E-state index >= 15 is 0 Å². The molecule has 0 saturated heterocycles. The monoisotopic (exact) mass is 529 g/mol. The number of methoxy groups -OCH3 is 2. The fraction of sp³-hybridized carbons (Fsp3) is 0.158. The van der Waals surface area contributed by atoms with Crippen molar-refractivity contribution in [1.29, 1.82) is 0 Å². The van der Waals surface area contributed by atoms with Gasteiger partial charge in [0.1, 0.15) is 17.3 Å². The predicted molar refractivity (Wildman–Crippen MR) is 127 cm³/mol. The van der Waals surface area contributed by atoms with Gasteiger partial charge < -0.3 is 20.5 Å². The molecule has 0 unspecified atom stereocenters. The predicted octanol–water partition coefficient (Wildman–Crippen LogP) is 4.29. The van der Waals surface area contributed by atoms with Gasteiger partial charge in [0, 0.05) is 12.3 Å². The molecule has 9 nitrogen and oxygen atoms in total. The third kappa shape index (κ3) is 7.78. The van der Waals surface area contributed by atoms with E-state index < -0.39 is 10.0 Å². The highest BCUT2D eigenvalue weighted by molar-refractivity contribution is 9.10. The lowest BCUT2D eigenvalue weighted by atomic mass is 10.3. The summed E-state index contributed by atoms with van der Waals surface area (Å²) in [6.07, 6.45) is 2.59. The van der Waals surface area contributed by atoms with Crippen LogP contribution in [0.3, 0.4) is 0 Å². The molecule has 0 spiro atoms. The van der Waals surface area contributed by atoms with Crippen LogP contribution in [0.25, 0.3) is 0 Å². The normalized spacial score (nSPS) is 10.5. The number of sulfonamides is 1. The van der Waals surface area contributed by atoms with Crippen LogP contribution in [0.2, 0.25) is 5.28 Å². The summed E-state index contributed by atoms with van der Waals surface area (Å²) in [5.41, 5.74) is 7.16. The van der Waals surface area contributed by atoms with Crippen LogP contribution in [0.4, 0.5) is 22.9 Å². The largest absolute Gasteiger partial charge is 0.497 e. The van der Waals surface area contributed by atoms with E-state index in [4.69, 9.17) is 26.8 Å². The summed E-state index contributed by atoms with van der Waals surface area (Å²) in [6.45, 7) is 0. The molecule has 1 heterocycles. The van der Waals surface area contributed by atoms with E-state index in [1.807, 2.05) is 0 Å². The second-order valence-corrected chi connectivity index (χ2v) is 8.93. The van der Waals surface area contributed by atoms with Gasteiger partial charge >= 0.3 is 0 Å². The first-order chi connectivity index (χ1) is 14.6. The smallest absolute Gasteiger partial charge is 0.229 e. The standard InChI is InChI=1S/C11H10BrClN4O2S.C8H11NO2/c1-20(18,19)17-9-5-3-2-4-8(9)15-10-7(12)6-14-11(13)16-10;1-10-6-3-4-8(11-2)7(9)5-6/h2-6,17H,1H3,(H,14,15,16);3-5H,9H2,1-2H3. The Morgan fingerprint density at radius 1 is 1.10 bits per heavy atom. The highest BCUT2D eigenvalue weighted by atomic mass is 79.9. The molecule has 3 rings (SSSR count). The van der Waals surface area contributed by atoms with Gasteiger partial charge in [-0.05, 0) is 51.8 Å². The van der Waals surface area contributed by atoms with E-state index in [1.165, 1.54) is 6.20 Å². The summed E-state index contributed by atoms with van der Waals surface area (Å²) in [5, 5.41) is 3.08. The Balaban J connectivity index is 0.000000262. The Morgan fingerprint density at radius 3 is 2.35 bits per heavy atom. The molecule has 0 saturated carbocycles. The topological polar surface area (TPSA) is 128 Å². The van der Waals surface area contributed by atoms with Crippen molar-refractivity contribution in [2.45, 2.75) is 0 Å². The first-order valence-electron chi connectivity index (χ1n) is 8.62. The third-order valence-corrected chi connectivity index (χ3v) is 4.98. The van der Waals surface area contributed by atoms with Crippen LogP contribution in [-0.2, 0) is 10.0 Å². The number of para-hydroxylation sites is 2. The number of rotatable bonds is 6. The van der Waals surface area contributed by atoms with Gasteiger partial charge in [-0.3, -0.25) is 4.72 Å². The van der Waals surface area contributed by atoms with Gasteiger partial charge in [0.2, 0.25) is 15.3 Å². The molecule has 31 heavy (non-hydrogen) atoms. The number of nitrogens with one attached hydrogen (secondary N) is 2. The van der Waals surface area contributed by atoms with E-state index in [9.17, 15) is 8.42 Å². The van der Waals surface area contributed by atoms with Gasteiger partial charge in [0.25, 0.3) is 0 Å². The molecule has 0 bridgehead atoms. The first kappa shape index (κ1) is 24.5. The van der Waals surface area contributed by atoms with Gasteiger partial charge in [0.05, 0.1) is 42.0 Å². The van der Waals surface area contributed by atoms with E-state index in [0.29, 0.717) is 33.1 Å². The fourth-order valence-electron chi connectivity index (χ4n) is 2.28. The van der Waals surface area contributed by atoms with Crippen molar-refractivity contribution in [1.82, 2.24) is 9.97 Å². The lowest BCUT2D eigenvalue weighted by Crippen LogP contribution is -2.11. The summed E-state index contributed by atoms with van der Waals surface area (Å²) in [4.78, 5) is 7.84. The molecule has 4 N–H and O–H groups in total. The van der Waals surface area contributed by atoms with Crippen LogP contribution >= 0.6 is 27.5 Å². The van der Waals surface area contributed by atoms with Crippen molar-refractivity contribution >= 4 is 60.4 Å². The SMILES string of the molecule is COc1ccc(OC)c(N)c1.CS(=O)(=O)Nc1ccccc1Nc1nc(Cl)ncc1Br. The highest BCUT2D eigenvalue weighted by Crippen LogP contribution is 2.29. The van der Waals surface area contributed by atoms with Crippen molar-refractivity contribution in [2.24, 2.45) is 0 Å². The molecule has 0 aliphatic rings. The van der Waals surface area contributed by atoms with E-state index in [2.05, 4.69) is 35.9 Å². The van der Waals surface area contributed by atoms with E-state index in [0.717, 1.165) is 12.0 Å². The molecule has 166 valence electrons. The molecule has 12 heteroatoms. The second kappa shape index (κ2) is 11.0. The van der Waals surface area contributed by atoms with E-state index in [1.54, 1.807) is 56.7 Å². The molecule has 0 fully saturated rings. The van der Waals surface area contributed by atoms with Crippen LogP contribution in [0.5, 0.6) is 11.5 Å². The number of halogens is 2. The third-order valence-electron chi connectivity index (χ3n) is 3.63. The van der Waals surface area contributed by atoms with Crippen molar-refractivity contribution in [3.05, 3.63) is 58.4 Å². The lowest BCUT2D eigenvalue weighted by Gasteiger charge is -2.13. The zero-order chi connectivity index (χ0) is 23.0. The number of ether oxygens (including phenoxy) is 2. The fourth-order valence-corrected chi connectivity index (χ4v) is 3.28. The Labute approximate surface area is 194 Å². The molecular weight excluding hydrogens is 510 g/mol. The van der Waals surface area contributed by atoms with Gasteiger partial charge in [-0.25, -0.2) is 13.4 Å². The van der Waals surface area contributed by atoms with Gasteiger partial charge in [-0.15, -0.1) is 0 Å². The maximum absolute atomic E-state index is 11.3. The molecule has 3 aromatic rings. The highest BCUT2D eigenvalue weighted by Gasteiger charge is 2.10. The van der Waals surface area contributed by atoms with Gasteiger partial charge in [0.15, 0.2) is 0 Å². The summed E-state index contributed by atoms with van der Waals surface area (Å²) < 4.78 is 35.6. The summed E-state index contributed by atoms with van der Waals surface area (Å²) >= 11 is 9.02. The van der Waals surface area contributed by atoms with Gasteiger partial charge in [-0.1, -0.05) is 12.1 Å². The van der Waals surface area contributed by atoms with Crippen LogP contribution in [0, 0.1) is 0 Å². The summed E-state index contributed by atoms with van der Waals surface area (Å²) in [7, 11) is -0.191. The zero-order valence-corrected chi connectivity index (χ0v) is 20.0. The van der Waals surface area contributed by atoms with E-state index in [-0.39, 0.29) is 5.28 Å². The minimum Gasteiger partial charge on any atom is -0.497 e. The average Bonchev–Trinajstić information content (AvgIpc) is 2.71. The summed E-state index contributed by atoms with van der Waals surface area (Å²) in [6, 6.07) is 12.1. The quantitative estimate of drug-likeness (QED) is 0.318. The minimum absolute atomic E-state index is 0.0873. The molecule has 0 amide bonds. The van der Waals surface area contributed by atoms with Crippen molar-refractivity contribution < 1.29 is 17.9 Å². The molecule has 0 aliphatic carbocycles. The van der Waals surface area contributed by atoms with Crippen LogP contribution in [-0.4, -0.2) is 38.9 Å². The molecule has 0 aliphatic heterocycles. The number of nitrogens with two attached hydrogens (primary N) is 1. The second-order valence-electron chi connectivity index (χ2n) is 5.99. The number of nitrogen functional groups attached to an aromatic ring is 1. The van der Waals surface area contributed by atoms with Crippen LogP contribution in [0.1, 0.15) is 0 Å². The Hall–Kier alpha value is -2.76. The van der Waals surface area contributed by atoms with Crippen LogP contribution in [0.15, 0.2) is 53.1 Å². The van der Waals surface area contributed by atoms with Crippen molar-refractivity contribution in [3.63, 3.8) is 0 Å². The first-order valence-corrected chi connectivity index (χ1v) is 11.7. The van der Waals surface area contributed by atoms with Gasteiger partial charge in [-0.2, -0.15) is 4.98 Å². The van der Waals surface area contributed by atoms with Crippen molar-refractivity contribution in [3.8, 4) is 11.5 Å². The number of hydrogen-bond acceptors (Lipinski definition) is 8. The maximum atomic E-state index is 11.3. The number of benzene rings is 2. The number of hydrogen-bond donors (Lipinski definition) is 3. The molecule has 2 aromatic carbocycles. The Bertz CT molecular complexity index is 1150. The molecule has 0 radical (unpaired) electrons. The Kier molecular flexibility index (Phi) is 8.72. The minimum atomic E-state index is -3.37. The maximum Gasteiger partial charge on any atom is 0.229 e. The average molecular weight is 531 g/mol. The van der Waals surface area contributed by atoms with Crippen molar-refractivity contribution in [2.75, 3.05) is 36.2 Å². The summed E-state index contributed by atoms with van der Waals surface area (Å²) in [5.74, 6) is 1.85. The molecule has 0 atom stereocenters. The lowest BCUT2D eigenvalue weighted by molar-refractivity contribution is 0.405. The number of anilines is 4. The zero-order valence-electron chi connectivity index (χ0n) is 16.9. The molecule has 1 aromatic heterocycles. The number of aromatic nitrogens is 2. The molecular formula is C19H21BrClN5O4S. The van der Waals surface area contributed by atoms with Crippen LogP contribution < -0.4 is 25.2 Å². The Morgan fingerprint density at radius 2 is 1.77 bits per heavy atom.